The lowest BCUT2D eigenvalue weighted by atomic mass is 10.5. The quantitative estimate of drug-likeness (QED) is 0.450. The van der Waals surface area contributed by atoms with Crippen molar-refractivity contribution >= 4 is 24.4 Å². The van der Waals surface area contributed by atoms with Crippen molar-refractivity contribution in [2.75, 3.05) is 14.1 Å². The molecular formula is C7H17IN2. The first kappa shape index (κ1) is 10.5. The second-order valence-electron chi connectivity index (χ2n) is 2.06. The first-order valence-electron chi connectivity index (χ1n) is 3.56. The molecule has 1 unspecified atom stereocenters. The van der Waals surface area contributed by atoms with Gasteiger partial charge in [-0.1, -0.05) is 27.7 Å². The van der Waals surface area contributed by atoms with Gasteiger partial charge in [0.1, 0.15) is 0 Å². The predicted octanol–water partition coefficient (Wildman–Crippen LogP) is 1.28. The van der Waals surface area contributed by atoms with Crippen LogP contribution < -0.4 is 10.6 Å². The third kappa shape index (κ3) is 4.35. The van der Waals surface area contributed by atoms with Crippen LogP contribution in [0.1, 0.15) is 20.3 Å². The van der Waals surface area contributed by atoms with Gasteiger partial charge in [0.25, 0.3) is 0 Å². The maximum atomic E-state index is 3.30. The Kier molecular flexibility index (Phi) is 6.57. The van der Waals surface area contributed by atoms with E-state index in [1.165, 1.54) is 10.1 Å². The Morgan fingerprint density at radius 1 is 1.50 bits per heavy atom. The smallest absolute Gasteiger partial charge is 0.0551 e. The highest BCUT2D eigenvalue weighted by Gasteiger charge is 1.97. The summed E-state index contributed by atoms with van der Waals surface area (Å²) in [5.41, 5.74) is 0. The summed E-state index contributed by atoms with van der Waals surface area (Å²) < 4.78 is 2.20. The van der Waals surface area contributed by atoms with E-state index in [9.17, 15) is 0 Å². The van der Waals surface area contributed by atoms with Gasteiger partial charge in [0.15, 0.2) is 0 Å². The largest absolute Gasteiger partial charge is 0.309 e. The van der Waals surface area contributed by atoms with E-state index in [4.69, 9.17) is 0 Å². The van der Waals surface area contributed by atoms with E-state index in [0.29, 0.717) is 0 Å². The highest BCUT2D eigenvalue weighted by molar-refractivity contribution is 14.2. The third-order valence-electron chi connectivity index (χ3n) is 1.31. The van der Waals surface area contributed by atoms with Crippen molar-refractivity contribution < 1.29 is 0 Å². The SMILES string of the molecule is CCC(NC)I=C(C)NC. The summed E-state index contributed by atoms with van der Waals surface area (Å²) in [5, 5.41) is 6.49. The molecule has 0 aromatic heterocycles. The second-order valence-corrected chi connectivity index (χ2v) is 5.80. The van der Waals surface area contributed by atoms with Crippen molar-refractivity contribution in [3.8, 4) is 0 Å². The number of hydrogen-bond acceptors (Lipinski definition) is 2. The summed E-state index contributed by atoms with van der Waals surface area (Å²) in [6, 6.07) is 0. The molecule has 0 radical (unpaired) electrons. The van der Waals surface area contributed by atoms with Crippen molar-refractivity contribution in [3.63, 3.8) is 0 Å². The molecule has 0 saturated carbocycles. The molecule has 0 fully saturated rings. The molecule has 0 bridgehead atoms. The molecule has 3 heteroatoms. The Morgan fingerprint density at radius 3 is 2.40 bits per heavy atom. The zero-order valence-electron chi connectivity index (χ0n) is 7.16. The highest BCUT2D eigenvalue weighted by Crippen LogP contribution is 2.09. The molecule has 62 valence electrons. The lowest BCUT2D eigenvalue weighted by Gasteiger charge is -2.08. The van der Waals surface area contributed by atoms with Crippen molar-refractivity contribution in [1.82, 2.24) is 10.6 Å². The topological polar surface area (TPSA) is 24.1 Å². The maximum absolute atomic E-state index is 3.30. The van der Waals surface area contributed by atoms with Gasteiger partial charge < -0.3 is 5.32 Å². The van der Waals surface area contributed by atoms with Crippen molar-refractivity contribution in [2.24, 2.45) is 0 Å². The molecule has 0 amide bonds. The molecule has 2 nitrogen and oxygen atoms in total. The predicted molar refractivity (Wildman–Crippen MR) is 56.9 cm³/mol. The van der Waals surface area contributed by atoms with Crippen LogP contribution in [0.25, 0.3) is 0 Å². The van der Waals surface area contributed by atoms with E-state index in [-0.39, 0.29) is 20.7 Å². The van der Waals surface area contributed by atoms with Crippen molar-refractivity contribution in [1.29, 1.82) is 0 Å². The van der Waals surface area contributed by atoms with Gasteiger partial charge in [-0.05, 0) is 27.4 Å². The van der Waals surface area contributed by atoms with Crippen LogP contribution >= 0.6 is 20.7 Å². The van der Waals surface area contributed by atoms with E-state index < -0.39 is 0 Å². The van der Waals surface area contributed by atoms with Crippen LogP contribution in [0.5, 0.6) is 0 Å². The molecule has 0 spiro atoms. The number of nitrogens with one attached hydrogen (secondary N) is 2. The molecule has 0 aliphatic rings. The van der Waals surface area contributed by atoms with Crippen LogP contribution in [-0.4, -0.2) is 21.8 Å². The fourth-order valence-electron chi connectivity index (χ4n) is 0.588. The number of alkyl halides is 1. The van der Waals surface area contributed by atoms with Crippen LogP contribution in [0.15, 0.2) is 0 Å². The molecule has 0 aliphatic heterocycles. The number of rotatable bonds is 4. The molecular weight excluding hydrogens is 239 g/mol. The molecule has 1 atom stereocenters. The fraction of sp³-hybridized carbons (Fsp3) is 0.857. The van der Waals surface area contributed by atoms with Crippen LogP contribution in [0.3, 0.4) is 0 Å². The minimum absolute atomic E-state index is 0.190. The Morgan fingerprint density at radius 2 is 2.10 bits per heavy atom. The Balaban J connectivity index is 3.80. The van der Waals surface area contributed by atoms with Gasteiger partial charge in [-0.15, -0.1) is 0 Å². The van der Waals surface area contributed by atoms with Gasteiger partial charge in [-0.3, -0.25) is 5.32 Å². The minimum atomic E-state index is 0.190. The summed E-state index contributed by atoms with van der Waals surface area (Å²) in [6.07, 6.45) is 1.24. The number of hydrogen-bond donors (Lipinski definition) is 2. The van der Waals surface area contributed by atoms with Crippen LogP contribution in [0.4, 0.5) is 0 Å². The van der Waals surface area contributed by atoms with Crippen molar-refractivity contribution in [3.05, 3.63) is 0 Å². The molecule has 0 heterocycles. The van der Waals surface area contributed by atoms with E-state index in [1.54, 1.807) is 0 Å². The van der Waals surface area contributed by atoms with Gasteiger partial charge in [-0.2, -0.15) is 0 Å². The Bertz CT molecular complexity index is 108. The first-order chi connectivity index (χ1) is 4.74. The summed E-state index contributed by atoms with van der Waals surface area (Å²) >= 11 is 0.190. The summed E-state index contributed by atoms with van der Waals surface area (Å²) in [4.78, 5) is 0. The molecule has 0 aromatic carbocycles. The molecule has 0 saturated heterocycles. The standard InChI is InChI=1S/C7H17IN2/c1-5-7(10-4)8-6(2)9-3/h7,9-10H,5H2,1-4H3. The van der Waals surface area contributed by atoms with Crippen LogP contribution in [-0.2, 0) is 0 Å². The lowest BCUT2D eigenvalue weighted by Crippen LogP contribution is -2.21. The molecule has 0 aliphatic carbocycles. The zero-order valence-corrected chi connectivity index (χ0v) is 9.32. The summed E-state index contributed by atoms with van der Waals surface area (Å²) in [5.74, 6) is 0. The van der Waals surface area contributed by atoms with Gasteiger partial charge >= 0.3 is 0 Å². The van der Waals surface area contributed by atoms with Gasteiger partial charge in [-0.25, -0.2) is 0 Å². The third-order valence-corrected chi connectivity index (χ3v) is 5.04. The number of halogens is 1. The maximum Gasteiger partial charge on any atom is 0.0551 e. The molecule has 0 rings (SSSR count). The highest BCUT2D eigenvalue weighted by atomic mass is 127. The Hall–Kier alpha value is 0.520. The zero-order chi connectivity index (χ0) is 7.98. The Labute approximate surface area is 73.5 Å². The van der Waals surface area contributed by atoms with Crippen LogP contribution in [0, 0.1) is 0 Å². The monoisotopic (exact) mass is 256 g/mol. The normalized spacial score (nSPS) is 16.2. The van der Waals surface area contributed by atoms with Crippen LogP contribution in [0.2, 0.25) is 0 Å². The van der Waals surface area contributed by atoms with E-state index >= 15 is 0 Å². The van der Waals surface area contributed by atoms with Crippen molar-refractivity contribution in [2.45, 2.75) is 24.3 Å². The average molecular weight is 256 g/mol. The van der Waals surface area contributed by atoms with Gasteiger partial charge in [0.2, 0.25) is 0 Å². The molecule has 0 aromatic rings. The first-order valence-corrected chi connectivity index (χ1v) is 5.89. The van der Waals surface area contributed by atoms with E-state index in [1.807, 2.05) is 14.1 Å². The van der Waals surface area contributed by atoms with E-state index in [2.05, 4.69) is 24.5 Å². The van der Waals surface area contributed by atoms with E-state index in [0.717, 1.165) is 4.05 Å². The molecule has 2 N–H and O–H groups in total. The summed E-state index contributed by atoms with van der Waals surface area (Å²) in [6.45, 7) is 4.40. The van der Waals surface area contributed by atoms with Gasteiger partial charge in [0.05, 0.1) is 4.05 Å². The average Bonchev–Trinajstić information content (AvgIpc) is 1.99. The summed E-state index contributed by atoms with van der Waals surface area (Å²) in [7, 11) is 4.04. The molecule has 10 heavy (non-hydrogen) atoms. The second kappa shape index (κ2) is 6.24. The lowest BCUT2D eigenvalue weighted by molar-refractivity contribution is 0.744. The fourth-order valence-corrected chi connectivity index (χ4v) is 2.78. The van der Waals surface area contributed by atoms with Gasteiger partial charge in [0, 0.05) is 3.63 Å². The minimum Gasteiger partial charge on any atom is -0.309 e.